The molecule has 56 heavy (non-hydrogen) atoms. The van der Waals surface area contributed by atoms with Crippen LogP contribution in [0.15, 0.2) is 194 Å². The van der Waals surface area contributed by atoms with Gasteiger partial charge in [-0.1, -0.05) is 164 Å². The highest BCUT2D eigenvalue weighted by atomic mass is 32.1. The van der Waals surface area contributed by atoms with Crippen molar-refractivity contribution in [2.75, 3.05) is 0 Å². The molecule has 4 heterocycles. The number of benzene rings is 7. The lowest BCUT2D eigenvalue weighted by atomic mass is 9.95. The van der Waals surface area contributed by atoms with Gasteiger partial charge in [-0.15, -0.1) is 11.3 Å². The maximum absolute atomic E-state index is 5.42. The van der Waals surface area contributed by atoms with Gasteiger partial charge in [0.2, 0.25) is 0 Å². The fraction of sp³-hybridized carbons (Fsp3) is 0. The van der Waals surface area contributed by atoms with E-state index in [9.17, 15) is 0 Å². The van der Waals surface area contributed by atoms with Crippen molar-refractivity contribution in [1.29, 1.82) is 0 Å². The Labute approximate surface area is 327 Å². The molecular formula is C51H32N4S. The molecule has 0 spiro atoms. The zero-order chi connectivity index (χ0) is 37.0. The third-order valence-corrected chi connectivity index (χ3v) is 11.8. The van der Waals surface area contributed by atoms with E-state index < -0.39 is 0 Å². The molecule has 0 bridgehead atoms. The molecule has 0 unspecified atom stereocenters. The first-order valence-electron chi connectivity index (χ1n) is 18.8. The molecule has 0 amide bonds. The van der Waals surface area contributed by atoms with Crippen LogP contribution in [-0.4, -0.2) is 19.6 Å². The van der Waals surface area contributed by atoms with Gasteiger partial charge in [0.25, 0.3) is 0 Å². The maximum atomic E-state index is 5.42. The van der Waals surface area contributed by atoms with Crippen molar-refractivity contribution >= 4 is 47.8 Å². The highest BCUT2D eigenvalue weighted by Gasteiger charge is 2.22. The second-order valence-electron chi connectivity index (χ2n) is 14.1. The van der Waals surface area contributed by atoms with Crippen LogP contribution in [0.1, 0.15) is 0 Å². The molecule has 0 aliphatic carbocycles. The van der Waals surface area contributed by atoms with E-state index in [2.05, 4.69) is 193 Å². The van der Waals surface area contributed by atoms with Crippen LogP contribution in [0, 0.1) is 0 Å². The van der Waals surface area contributed by atoms with Crippen LogP contribution in [0.2, 0.25) is 0 Å². The van der Waals surface area contributed by atoms with Gasteiger partial charge in [-0.05, 0) is 41.3 Å². The van der Waals surface area contributed by atoms with E-state index in [0.29, 0.717) is 5.82 Å². The number of thiophene rings is 1. The Morgan fingerprint density at radius 1 is 0.393 bits per heavy atom. The first-order chi connectivity index (χ1) is 27.7. The Morgan fingerprint density at radius 2 is 1.00 bits per heavy atom. The second-order valence-corrected chi connectivity index (χ2v) is 15.1. The predicted molar refractivity (Wildman–Crippen MR) is 234 cm³/mol. The van der Waals surface area contributed by atoms with Crippen LogP contribution in [0.25, 0.3) is 104 Å². The molecule has 262 valence electrons. The summed E-state index contributed by atoms with van der Waals surface area (Å²) in [7, 11) is 0. The van der Waals surface area contributed by atoms with Gasteiger partial charge in [-0.2, -0.15) is 5.10 Å². The van der Waals surface area contributed by atoms with E-state index in [1.54, 1.807) is 0 Å². The largest absolute Gasteiger partial charge is 0.231 e. The van der Waals surface area contributed by atoms with Crippen molar-refractivity contribution in [3.8, 4) is 67.5 Å². The van der Waals surface area contributed by atoms with Gasteiger partial charge in [0.05, 0.1) is 22.6 Å². The van der Waals surface area contributed by atoms with Crippen molar-refractivity contribution in [1.82, 2.24) is 19.6 Å². The number of rotatable bonds is 6. The van der Waals surface area contributed by atoms with Crippen LogP contribution in [0.5, 0.6) is 0 Å². The van der Waals surface area contributed by atoms with Crippen LogP contribution in [0.4, 0.5) is 0 Å². The van der Waals surface area contributed by atoms with Gasteiger partial charge in [-0.3, -0.25) is 0 Å². The number of hydrogen-bond acceptors (Lipinski definition) is 4. The van der Waals surface area contributed by atoms with Gasteiger partial charge in [-0.25, -0.2) is 14.5 Å². The molecule has 4 nitrogen and oxygen atoms in total. The molecular weight excluding hydrogens is 701 g/mol. The summed E-state index contributed by atoms with van der Waals surface area (Å²) < 4.78 is 4.67. The quantitative estimate of drug-likeness (QED) is 0.171. The van der Waals surface area contributed by atoms with Crippen LogP contribution in [0.3, 0.4) is 0 Å². The minimum Gasteiger partial charge on any atom is -0.231 e. The molecule has 0 radical (unpaired) electrons. The van der Waals surface area contributed by atoms with Crippen LogP contribution in [-0.2, 0) is 0 Å². The summed E-state index contributed by atoms with van der Waals surface area (Å²) in [5, 5.41) is 10.3. The Kier molecular flexibility index (Phi) is 7.64. The molecule has 0 saturated carbocycles. The first-order valence-corrected chi connectivity index (χ1v) is 19.6. The van der Waals surface area contributed by atoms with Gasteiger partial charge in [0.15, 0.2) is 5.82 Å². The summed E-state index contributed by atoms with van der Waals surface area (Å²) in [6.45, 7) is 0. The monoisotopic (exact) mass is 732 g/mol. The topological polar surface area (TPSA) is 43.1 Å². The van der Waals surface area contributed by atoms with Crippen molar-refractivity contribution in [2.45, 2.75) is 0 Å². The van der Waals surface area contributed by atoms with E-state index in [1.807, 2.05) is 17.4 Å². The van der Waals surface area contributed by atoms with Gasteiger partial charge in [0, 0.05) is 58.9 Å². The van der Waals surface area contributed by atoms with E-state index in [4.69, 9.17) is 15.1 Å². The standard InChI is InChI=1S/C51H32N4S/c1-4-15-33(16-5-1)43-32-44(37-27-28-42-41-25-12-13-26-46(41)56-47(42)31-37)53-51(52-43)39-23-14-22-38(29-39)48-49(35-19-8-3-9-20-35)54-55-45(34-17-6-2-7-18-34)30-36-21-10-11-24-40(36)50(48)55/h1-32H. The van der Waals surface area contributed by atoms with Crippen LogP contribution >= 0.6 is 11.3 Å². The average molecular weight is 733 g/mol. The molecule has 11 aromatic rings. The predicted octanol–water partition coefficient (Wildman–Crippen LogP) is 13.6. The molecule has 0 aliphatic rings. The molecule has 4 aromatic heterocycles. The molecule has 5 heteroatoms. The Morgan fingerprint density at radius 3 is 1.79 bits per heavy atom. The van der Waals surface area contributed by atoms with Crippen molar-refractivity contribution < 1.29 is 0 Å². The summed E-state index contributed by atoms with van der Waals surface area (Å²) in [5.74, 6) is 0.673. The lowest BCUT2D eigenvalue weighted by molar-refractivity contribution is 0.979. The number of fused-ring (bicyclic) bond motifs is 6. The molecule has 0 aliphatic heterocycles. The van der Waals surface area contributed by atoms with E-state index >= 15 is 0 Å². The Hall–Kier alpha value is -7.21. The zero-order valence-electron chi connectivity index (χ0n) is 30.2. The van der Waals surface area contributed by atoms with Crippen molar-refractivity contribution in [3.63, 3.8) is 0 Å². The SMILES string of the molecule is c1ccc(-c2cc(-c3ccc4c(c3)sc3ccccc34)nc(-c3cccc(-c4c(-c5ccccc5)nn5c(-c6ccccc6)cc6ccccc6c45)c3)n2)cc1. The van der Waals surface area contributed by atoms with Crippen molar-refractivity contribution in [3.05, 3.63) is 194 Å². The molecule has 0 saturated heterocycles. The Bertz CT molecular complexity index is 3240. The number of nitrogens with zero attached hydrogens (tertiary/aromatic N) is 4. The van der Waals surface area contributed by atoms with Crippen LogP contribution < -0.4 is 0 Å². The number of hydrogen-bond donors (Lipinski definition) is 0. The van der Waals surface area contributed by atoms with E-state index in [0.717, 1.165) is 78.0 Å². The third-order valence-electron chi connectivity index (χ3n) is 10.6. The van der Waals surface area contributed by atoms with Crippen molar-refractivity contribution in [2.24, 2.45) is 0 Å². The summed E-state index contributed by atoms with van der Waals surface area (Å²) in [5.41, 5.74) is 12.1. The highest BCUT2D eigenvalue weighted by Crippen LogP contribution is 2.42. The lowest BCUT2D eigenvalue weighted by Crippen LogP contribution is -1.96. The highest BCUT2D eigenvalue weighted by molar-refractivity contribution is 7.25. The minimum absolute atomic E-state index is 0.673. The fourth-order valence-electron chi connectivity index (χ4n) is 7.95. The Balaban J connectivity index is 1.14. The lowest BCUT2D eigenvalue weighted by Gasteiger charge is -2.12. The minimum atomic E-state index is 0.673. The zero-order valence-corrected chi connectivity index (χ0v) is 31.0. The molecule has 0 atom stereocenters. The molecule has 7 aromatic carbocycles. The van der Waals surface area contributed by atoms with Gasteiger partial charge >= 0.3 is 0 Å². The van der Waals surface area contributed by atoms with E-state index in [1.165, 1.54) is 20.2 Å². The number of aromatic nitrogens is 4. The average Bonchev–Trinajstić information content (AvgIpc) is 3.86. The maximum Gasteiger partial charge on any atom is 0.160 e. The summed E-state index contributed by atoms with van der Waals surface area (Å²) in [6, 6.07) is 68.4. The van der Waals surface area contributed by atoms with Gasteiger partial charge in [0.1, 0.15) is 5.69 Å². The third kappa shape index (κ3) is 5.48. The summed E-state index contributed by atoms with van der Waals surface area (Å²) in [4.78, 5) is 10.5. The summed E-state index contributed by atoms with van der Waals surface area (Å²) >= 11 is 1.82. The smallest absolute Gasteiger partial charge is 0.160 e. The molecule has 0 fully saturated rings. The first kappa shape index (κ1) is 32.2. The second kappa shape index (κ2) is 13.3. The normalized spacial score (nSPS) is 11.6. The molecule has 11 rings (SSSR count). The van der Waals surface area contributed by atoms with E-state index in [-0.39, 0.29) is 0 Å². The van der Waals surface area contributed by atoms with Gasteiger partial charge < -0.3 is 0 Å². The summed E-state index contributed by atoms with van der Waals surface area (Å²) in [6.07, 6.45) is 0. The number of pyridine rings is 1. The fourth-order valence-corrected chi connectivity index (χ4v) is 9.10. The molecule has 0 N–H and O–H groups in total.